The van der Waals surface area contributed by atoms with Crippen molar-refractivity contribution in [1.82, 2.24) is 4.98 Å². The van der Waals surface area contributed by atoms with Crippen molar-refractivity contribution in [3.8, 4) is 0 Å². The highest BCUT2D eigenvalue weighted by atomic mass is 35.5. The van der Waals surface area contributed by atoms with E-state index in [1.165, 1.54) is 0 Å². The number of anilines is 1. The van der Waals surface area contributed by atoms with Gasteiger partial charge in [0, 0.05) is 17.9 Å². The van der Waals surface area contributed by atoms with E-state index in [1.54, 1.807) is 18.3 Å². The summed E-state index contributed by atoms with van der Waals surface area (Å²) in [4.78, 5) is 3.85. The molecule has 100 valence electrons. The van der Waals surface area contributed by atoms with Crippen molar-refractivity contribution in [1.29, 1.82) is 0 Å². The van der Waals surface area contributed by atoms with Crippen LogP contribution in [0.4, 0.5) is 18.9 Å². The number of hydrogen-bond acceptors (Lipinski definition) is 2. The smallest absolute Gasteiger partial charge is 0.382 e. The van der Waals surface area contributed by atoms with Crippen molar-refractivity contribution in [3.63, 3.8) is 0 Å². The molecule has 0 aliphatic heterocycles. The van der Waals surface area contributed by atoms with Gasteiger partial charge in [-0.05, 0) is 37.8 Å². The van der Waals surface area contributed by atoms with Crippen LogP contribution in [0.3, 0.4) is 0 Å². The van der Waals surface area contributed by atoms with Gasteiger partial charge in [0.2, 0.25) is 0 Å². The molecule has 6 heteroatoms. The van der Waals surface area contributed by atoms with Crippen molar-refractivity contribution in [2.45, 2.75) is 37.9 Å². The number of hydrogen-bond donors (Lipinski definition) is 1. The van der Waals surface area contributed by atoms with Gasteiger partial charge in [-0.25, -0.2) is 4.98 Å². The first-order chi connectivity index (χ1) is 8.45. The third-order valence-electron chi connectivity index (χ3n) is 3.29. The Labute approximate surface area is 109 Å². The maximum Gasteiger partial charge on any atom is 0.391 e. The van der Waals surface area contributed by atoms with E-state index in [4.69, 9.17) is 11.6 Å². The molecule has 0 unspecified atom stereocenters. The van der Waals surface area contributed by atoms with E-state index in [9.17, 15) is 13.2 Å². The molecule has 2 nitrogen and oxygen atoms in total. The van der Waals surface area contributed by atoms with Gasteiger partial charge in [-0.1, -0.05) is 11.6 Å². The molecule has 0 saturated heterocycles. The molecule has 0 bridgehead atoms. The second-order valence-corrected chi connectivity index (χ2v) is 4.99. The van der Waals surface area contributed by atoms with Crippen LogP contribution in [-0.2, 0) is 0 Å². The maximum atomic E-state index is 12.5. The second kappa shape index (κ2) is 5.34. The van der Waals surface area contributed by atoms with E-state index in [1.807, 2.05) is 0 Å². The normalized spacial score (nSPS) is 24.9. The molecule has 1 heterocycles. The average Bonchev–Trinajstić information content (AvgIpc) is 2.28. The lowest BCUT2D eigenvalue weighted by atomic mass is 9.85. The van der Waals surface area contributed by atoms with Gasteiger partial charge >= 0.3 is 6.18 Å². The molecule has 0 amide bonds. The second-order valence-electron chi connectivity index (χ2n) is 4.60. The third-order valence-corrected chi connectivity index (χ3v) is 3.49. The van der Waals surface area contributed by atoms with Gasteiger partial charge in [0.15, 0.2) is 0 Å². The van der Waals surface area contributed by atoms with Crippen LogP contribution >= 0.6 is 11.6 Å². The number of aromatic nitrogens is 1. The number of halogens is 4. The highest BCUT2D eigenvalue weighted by Crippen LogP contribution is 2.38. The summed E-state index contributed by atoms with van der Waals surface area (Å²) in [5.74, 6) is -1.14. The van der Waals surface area contributed by atoms with Crippen molar-refractivity contribution in [2.24, 2.45) is 5.92 Å². The summed E-state index contributed by atoms with van der Waals surface area (Å²) < 4.78 is 37.5. The van der Waals surface area contributed by atoms with Crippen LogP contribution in [0.1, 0.15) is 25.7 Å². The minimum absolute atomic E-state index is 0.0852. The first kappa shape index (κ1) is 13.5. The summed E-state index contributed by atoms with van der Waals surface area (Å²) in [6.45, 7) is 0. The zero-order chi connectivity index (χ0) is 13.2. The molecule has 1 aromatic heterocycles. The van der Waals surface area contributed by atoms with Gasteiger partial charge in [0.25, 0.3) is 0 Å². The van der Waals surface area contributed by atoms with Gasteiger partial charge in [-0.2, -0.15) is 13.2 Å². The molecule has 18 heavy (non-hydrogen) atoms. The third kappa shape index (κ3) is 3.51. The van der Waals surface area contributed by atoms with Crippen LogP contribution in [0, 0.1) is 5.92 Å². The average molecular weight is 279 g/mol. The van der Waals surface area contributed by atoms with Crippen molar-refractivity contribution < 1.29 is 13.2 Å². The van der Waals surface area contributed by atoms with E-state index >= 15 is 0 Å². The minimum Gasteiger partial charge on any atom is -0.382 e. The molecular formula is C12H14ClF3N2. The Kier molecular flexibility index (Phi) is 4.00. The predicted octanol–water partition coefficient (Wildman–Crippen LogP) is 4.27. The minimum atomic E-state index is -4.05. The van der Waals surface area contributed by atoms with Gasteiger partial charge in [-0.3, -0.25) is 0 Å². The van der Waals surface area contributed by atoms with Gasteiger partial charge in [0.05, 0.1) is 5.92 Å². The Hall–Kier alpha value is -0.970. The summed E-state index contributed by atoms with van der Waals surface area (Å²) in [6, 6.07) is 3.53. The van der Waals surface area contributed by atoms with Crippen LogP contribution in [0.5, 0.6) is 0 Å². The Bertz CT molecular complexity index is 401. The Morgan fingerprint density at radius 3 is 2.44 bits per heavy atom. The van der Waals surface area contributed by atoms with Crippen LogP contribution in [-0.4, -0.2) is 17.2 Å². The first-order valence-electron chi connectivity index (χ1n) is 5.90. The molecule has 2 rings (SSSR count). The molecule has 1 aliphatic rings. The van der Waals surface area contributed by atoms with Gasteiger partial charge < -0.3 is 5.32 Å². The number of pyridine rings is 1. The zero-order valence-electron chi connectivity index (χ0n) is 9.67. The lowest BCUT2D eigenvalue weighted by Crippen LogP contribution is -2.32. The molecule has 0 radical (unpaired) electrons. The molecule has 0 atom stereocenters. The maximum absolute atomic E-state index is 12.5. The monoisotopic (exact) mass is 278 g/mol. The van der Waals surface area contributed by atoms with Crippen LogP contribution < -0.4 is 5.32 Å². The number of rotatable bonds is 2. The fraction of sp³-hybridized carbons (Fsp3) is 0.583. The number of alkyl halides is 3. The van der Waals surface area contributed by atoms with Gasteiger partial charge in [0.1, 0.15) is 5.15 Å². The molecule has 1 fully saturated rings. The van der Waals surface area contributed by atoms with Crippen molar-refractivity contribution in [3.05, 3.63) is 23.5 Å². The number of nitrogens with zero attached hydrogens (tertiary/aromatic N) is 1. The fourth-order valence-corrected chi connectivity index (χ4v) is 2.47. The zero-order valence-corrected chi connectivity index (χ0v) is 10.4. The Morgan fingerprint density at radius 1 is 1.22 bits per heavy atom. The standard InChI is InChI=1S/C12H14ClF3N2/c13-11-7-10(5-6-17-11)18-9-3-1-8(2-4-9)12(14,15)16/h5-9H,1-4H2,(H,17,18). The topological polar surface area (TPSA) is 24.9 Å². The van der Waals surface area contributed by atoms with Crippen LogP contribution in [0.2, 0.25) is 5.15 Å². The van der Waals surface area contributed by atoms with Gasteiger partial charge in [-0.15, -0.1) is 0 Å². The lowest BCUT2D eigenvalue weighted by molar-refractivity contribution is -0.182. The van der Waals surface area contributed by atoms with E-state index in [0.717, 1.165) is 5.69 Å². The molecule has 1 aliphatic carbocycles. The predicted molar refractivity (Wildman–Crippen MR) is 64.7 cm³/mol. The summed E-state index contributed by atoms with van der Waals surface area (Å²) in [7, 11) is 0. The van der Waals surface area contributed by atoms with E-state index < -0.39 is 12.1 Å². The summed E-state index contributed by atoms with van der Waals surface area (Å²) in [5.41, 5.74) is 0.811. The van der Waals surface area contributed by atoms with Crippen LogP contribution in [0.25, 0.3) is 0 Å². The molecule has 1 aromatic rings. The van der Waals surface area contributed by atoms with E-state index in [2.05, 4.69) is 10.3 Å². The fourth-order valence-electron chi connectivity index (χ4n) is 2.29. The summed E-state index contributed by atoms with van der Waals surface area (Å²) in [5, 5.41) is 3.58. The quantitative estimate of drug-likeness (QED) is 0.817. The van der Waals surface area contributed by atoms with Crippen LogP contribution in [0.15, 0.2) is 18.3 Å². The lowest BCUT2D eigenvalue weighted by Gasteiger charge is -2.30. The Balaban J connectivity index is 1.87. The summed E-state index contributed by atoms with van der Waals surface area (Å²) in [6.07, 6.45) is -1.02. The highest BCUT2D eigenvalue weighted by Gasteiger charge is 2.41. The number of nitrogens with one attached hydrogen (secondary N) is 1. The molecule has 1 N–H and O–H groups in total. The van der Waals surface area contributed by atoms with Crippen molar-refractivity contribution >= 4 is 17.3 Å². The largest absolute Gasteiger partial charge is 0.391 e. The van der Waals surface area contributed by atoms with E-state index in [0.29, 0.717) is 18.0 Å². The van der Waals surface area contributed by atoms with Crippen molar-refractivity contribution in [2.75, 3.05) is 5.32 Å². The molecule has 0 spiro atoms. The summed E-state index contributed by atoms with van der Waals surface area (Å²) >= 11 is 5.75. The molecule has 1 saturated carbocycles. The highest BCUT2D eigenvalue weighted by molar-refractivity contribution is 6.29. The van der Waals surface area contributed by atoms with E-state index in [-0.39, 0.29) is 18.9 Å². The molecule has 0 aromatic carbocycles. The Morgan fingerprint density at radius 2 is 1.89 bits per heavy atom. The first-order valence-corrected chi connectivity index (χ1v) is 6.28. The molecular weight excluding hydrogens is 265 g/mol. The SMILES string of the molecule is FC(F)(F)C1CCC(Nc2ccnc(Cl)c2)CC1.